The van der Waals surface area contributed by atoms with Gasteiger partial charge in [0.15, 0.2) is 0 Å². The van der Waals surface area contributed by atoms with Crippen LogP contribution in [0.4, 0.5) is 11.4 Å². The van der Waals surface area contributed by atoms with Crippen LogP contribution in [0.1, 0.15) is 79.0 Å². The van der Waals surface area contributed by atoms with E-state index in [-0.39, 0.29) is 43.1 Å². The van der Waals surface area contributed by atoms with Crippen molar-refractivity contribution in [2.45, 2.75) is 47.2 Å². The summed E-state index contributed by atoms with van der Waals surface area (Å²) in [4.78, 5) is 53.2. The zero-order valence-electron chi connectivity index (χ0n) is 38.3. The number of hydrogen-bond donors (Lipinski definition) is 4. The van der Waals surface area contributed by atoms with Crippen LogP contribution in [-0.4, -0.2) is 23.6 Å². The number of amides is 4. The second-order valence-electron chi connectivity index (χ2n) is 17.1. The normalized spacial score (nSPS) is 11.8. The minimum absolute atomic E-state index is 0. The molecule has 9 aromatic rings. The topological polar surface area (TPSA) is 116 Å². The Hall–Kier alpha value is -8.62. The Labute approximate surface area is 403 Å². The van der Waals surface area contributed by atoms with Crippen LogP contribution in [-0.2, 0) is 9.59 Å². The maximum Gasteiger partial charge on any atom is 0.251 e. The van der Waals surface area contributed by atoms with Gasteiger partial charge in [0.25, 0.3) is 11.8 Å². The first-order chi connectivity index (χ1) is 33.0. The molecule has 8 heteroatoms. The van der Waals surface area contributed by atoms with Gasteiger partial charge in [0, 0.05) is 36.1 Å². The lowest BCUT2D eigenvalue weighted by molar-refractivity contribution is -0.115. The van der Waals surface area contributed by atoms with Gasteiger partial charge in [-0.05, 0) is 104 Å². The first-order valence-corrected chi connectivity index (χ1v) is 22.7. The maximum atomic E-state index is 13.4. The fraction of sp³-hybridized carbons (Fsp3) is 0.115. The molecule has 0 radical (unpaired) electrons. The van der Waals surface area contributed by atoms with Gasteiger partial charge in [-0.25, -0.2) is 0 Å². The number of carbonyl (C=O) groups is 4. The molecule has 0 aliphatic carbocycles. The van der Waals surface area contributed by atoms with E-state index in [0.717, 1.165) is 66.1 Å². The van der Waals surface area contributed by atoms with Crippen molar-refractivity contribution in [1.29, 1.82) is 0 Å². The fourth-order valence-electron chi connectivity index (χ4n) is 9.09. The van der Waals surface area contributed by atoms with Gasteiger partial charge < -0.3 is 21.3 Å². The summed E-state index contributed by atoms with van der Waals surface area (Å²) in [6.07, 6.45) is 0. The van der Waals surface area contributed by atoms with E-state index in [1.807, 2.05) is 172 Å². The van der Waals surface area contributed by atoms with Crippen LogP contribution >= 0.6 is 0 Å². The first kappa shape index (κ1) is 46.9. The molecule has 0 saturated heterocycles. The lowest BCUT2D eigenvalue weighted by atomic mass is 9.87. The molecule has 0 aromatic heterocycles. The van der Waals surface area contributed by atoms with Crippen LogP contribution in [0, 0.1) is 0 Å². The smallest absolute Gasteiger partial charge is 0.251 e. The van der Waals surface area contributed by atoms with E-state index in [1.54, 1.807) is 0 Å². The summed E-state index contributed by atoms with van der Waals surface area (Å²) < 4.78 is 0. The highest BCUT2D eigenvalue weighted by Gasteiger charge is 2.23. The van der Waals surface area contributed by atoms with E-state index in [9.17, 15) is 19.2 Å². The summed E-state index contributed by atoms with van der Waals surface area (Å²) in [5.74, 6) is -0.928. The quantitative estimate of drug-likeness (QED) is 0.0977. The number of hydrogen-bond acceptors (Lipinski definition) is 4. The second kappa shape index (κ2) is 20.5. The van der Waals surface area contributed by atoms with E-state index in [1.165, 1.54) is 13.8 Å². The van der Waals surface area contributed by atoms with E-state index in [0.29, 0.717) is 33.6 Å². The highest BCUT2D eigenvalue weighted by Crippen LogP contribution is 2.47. The van der Waals surface area contributed by atoms with Crippen LogP contribution in [0.5, 0.6) is 0 Å². The first-order valence-electron chi connectivity index (χ1n) is 22.7. The number of benzene rings is 9. The van der Waals surface area contributed by atoms with Crippen LogP contribution in [0.15, 0.2) is 194 Å². The summed E-state index contributed by atoms with van der Waals surface area (Å²) in [6, 6.07) is 63.0. The fourth-order valence-corrected chi connectivity index (χ4v) is 9.09. The molecule has 0 bridgehead atoms. The molecule has 8 nitrogen and oxygen atoms in total. The van der Waals surface area contributed by atoms with E-state index in [2.05, 4.69) is 57.7 Å². The van der Waals surface area contributed by atoms with E-state index in [4.69, 9.17) is 0 Å². The maximum absolute atomic E-state index is 13.4. The van der Waals surface area contributed by atoms with E-state index >= 15 is 0 Å². The third kappa shape index (κ3) is 9.92. The Morgan fingerprint density at radius 3 is 1.03 bits per heavy atom. The zero-order chi connectivity index (χ0) is 47.3. The molecule has 2 atom stereocenters. The third-order valence-electron chi connectivity index (χ3n) is 12.4. The number of rotatable bonds is 12. The van der Waals surface area contributed by atoms with Crippen LogP contribution in [0.2, 0.25) is 0 Å². The van der Waals surface area contributed by atoms with Crippen molar-refractivity contribution >= 4 is 56.5 Å². The van der Waals surface area contributed by atoms with Crippen molar-refractivity contribution in [3.63, 3.8) is 0 Å². The standard InChI is InChI=1S/C60H50N4O4.CH4/c1-37(41-15-7-5-8-16-41)61-59(67)47-31-27-43(28-32-47)49-23-11-19-45-21-13-25-51(55(45)49)53-35-36-54(58(64-40(4)66)57(53)63-39(3)65)52-26-14-22-46-20-12-24-50(56(46)52)44-29-33-48(34-30-44)60(68)62-38(2)42-17-9-6-10-18-42;/h5-38H,1-4H3,(H,61,67)(H,62,68)(H,63,65)(H,64,66);1H4. The molecule has 4 N–H and O–H groups in total. The van der Waals surface area contributed by atoms with Gasteiger partial charge in [0.05, 0.1) is 23.5 Å². The molecule has 0 saturated carbocycles. The van der Waals surface area contributed by atoms with Gasteiger partial charge in [-0.15, -0.1) is 0 Å². The van der Waals surface area contributed by atoms with Crippen molar-refractivity contribution in [3.05, 3.63) is 216 Å². The molecule has 342 valence electrons. The molecular weight excluding hydrogens is 853 g/mol. The minimum atomic E-state index is -0.299. The summed E-state index contributed by atoms with van der Waals surface area (Å²) in [6.45, 7) is 6.86. The SMILES string of the molecule is C.CC(=O)Nc1c(-c2cccc3cccc(-c4ccc(C(=O)NC(C)c5ccccc5)cc4)c23)ccc(-c2cccc3cccc(-c4ccc(C(=O)NC(C)c5ccccc5)cc4)c23)c1NC(C)=O. The molecule has 9 aromatic carbocycles. The number of carbonyl (C=O) groups excluding carboxylic acids is 4. The van der Waals surface area contributed by atoms with Crippen molar-refractivity contribution in [2.75, 3.05) is 10.6 Å². The Bertz CT molecular complexity index is 3110. The van der Waals surface area contributed by atoms with Gasteiger partial charge in [0.2, 0.25) is 11.8 Å². The lowest BCUT2D eigenvalue weighted by Gasteiger charge is -2.22. The van der Waals surface area contributed by atoms with Gasteiger partial charge in [-0.3, -0.25) is 19.2 Å². The van der Waals surface area contributed by atoms with Crippen molar-refractivity contribution < 1.29 is 19.2 Å². The highest BCUT2D eigenvalue weighted by atomic mass is 16.2. The average molecular weight is 907 g/mol. The molecule has 2 unspecified atom stereocenters. The van der Waals surface area contributed by atoms with Crippen LogP contribution < -0.4 is 21.3 Å². The molecule has 69 heavy (non-hydrogen) atoms. The molecule has 0 aliphatic heterocycles. The van der Waals surface area contributed by atoms with Gasteiger partial charge in [-0.1, -0.05) is 177 Å². The van der Waals surface area contributed by atoms with Gasteiger partial charge in [-0.2, -0.15) is 0 Å². The summed E-state index contributed by atoms with van der Waals surface area (Å²) in [7, 11) is 0. The molecule has 4 amide bonds. The van der Waals surface area contributed by atoms with Gasteiger partial charge in [0.1, 0.15) is 0 Å². The molecule has 0 fully saturated rings. The van der Waals surface area contributed by atoms with Crippen LogP contribution in [0.3, 0.4) is 0 Å². The molecule has 9 rings (SSSR count). The minimum Gasteiger partial charge on any atom is -0.346 e. The van der Waals surface area contributed by atoms with Crippen molar-refractivity contribution in [1.82, 2.24) is 10.6 Å². The molecular formula is C61H54N4O4. The Morgan fingerprint density at radius 1 is 0.362 bits per heavy atom. The van der Waals surface area contributed by atoms with Crippen LogP contribution in [0.25, 0.3) is 66.1 Å². The Balaban J connectivity index is 0.00000642. The van der Waals surface area contributed by atoms with E-state index < -0.39 is 0 Å². The molecule has 0 aliphatic rings. The third-order valence-corrected chi connectivity index (χ3v) is 12.4. The predicted octanol–water partition coefficient (Wildman–Crippen LogP) is 14.2. The summed E-state index contributed by atoms with van der Waals surface area (Å²) >= 11 is 0. The lowest BCUT2D eigenvalue weighted by Crippen LogP contribution is -2.26. The number of fused-ring (bicyclic) bond motifs is 2. The average Bonchev–Trinajstić information content (AvgIpc) is 3.36. The zero-order valence-corrected chi connectivity index (χ0v) is 38.3. The molecule has 0 heterocycles. The highest BCUT2D eigenvalue weighted by molar-refractivity contribution is 6.16. The second-order valence-corrected chi connectivity index (χ2v) is 17.1. The number of nitrogens with one attached hydrogen (secondary N) is 4. The monoisotopic (exact) mass is 906 g/mol. The number of anilines is 2. The predicted molar refractivity (Wildman–Crippen MR) is 283 cm³/mol. The summed E-state index contributed by atoms with van der Waals surface area (Å²) in [5, 5.41) is 16.3. The Morgan fingerprint density at radius 2 is 0.696 bits per heavy atom. The van der Waals surface area contributed by atoms with Gasteiger partial charge >= 0.3 is 0 Å². The molecule has 0 spiro atoms. The Kier molecular flexibility index (Phi) is 13.9. The van der Waals surface area contributed by atoms with Crippen molar-refractivity contribution in [3.8, 4) is 44.5 Å². The van der Waals surface area contributed by atoms with Crippen molar-refractivity contribution in [2.24, 2.45) is 0 Å². The largest absolute Gasteiger partial charge is 0.346 e. The summed E-state index contributed by atoms with van der Waals surface area (Å²) in [5.41, 5.74) is 10.9.